The first-order chi connectivity index (χ1) is 14.6. The fourth-order valence-electron chi connectivity index (χ4n) is 3.61. The predicted octanol–water partition coefficient (Wildman–Crippen LogP) is 4.51. The van der Waals surface area contributed by atoms with Crippen molar-refractivity contribution in [3.63, 3.8) is 0 Å². The summed E-state index contributed by atoms with van der Waals surface area (Å²) in [6.07, 6.45) is 2.55. The fraction of sp³-hybridized carbons (Fsp3) is 0.417. The van der Waals surface area contributed by atoms with Crippen molar-refractivity contribution in [3.05, 3.63) is 65.2 Å². The highest BCUT2D eigenvalue weighted by atomic mass is 127. The van der Waals surface area contributed by atoms with Crippen molar-refractivity contribution in [2.24, 2.45) is 4.99 Å². The van der Waals surface area contributed by atoms with Gasteiger partial charge in [0.2, 0.25) is 0 Å². The van der Waals surface area contributed by atoms with E-state index in [2.05, 4.69) is 51.7 Å². The lowest BCUT2D eigenvalue weighted by atomic mass is 10.1. The molecule has 2 aromatic carbocycles. The van der Waals surface area contributed by atoms with Gasteiger partial charge in [-0.1, -0.05) is 24.3 Å². The van der Waals surface area contributed by atoms with E-state index in [1.165, 1.54) is 24.1 Å². The number of hydrogen-bond donors (Lipinski definition) is 2. The van der Waals surface area contributed by atoms with Gasteiger partial charge in [0.15, 0.2) is 5.96 Å². The van der Waals surface area contributed by atoms with Gasteiger partial charge in [0, 0.05) is 32.4 Å². The van der Waals surface area contributed by atoms with Crippen molar-refractivity contribution >= 4 is 41.6 Å². The van der Waals surface area contributed by atoms with Crippen molar-refractivity contribution in [3.8, 4) is 0 Å². The van der Waals surface area contributed by atoms with Crippen molar-refractivity contribution in [2.75, 3.05) is 31.6 Å². The number of rotatable bonds is 7. The Balaban J connectivity index is 0.00000341. The summed E-state index contributed by atoms with van der Waals surface area (Å²) in [5.41, 5.74) is 4.16. The number of guanidine groups is 1. The number of aliphatic imine (C=N–C) groups is 1. The first-order valence-corrected chi connectivity index (χ1v) is 10.7. The minimum atomic E-state index is -0.292. The molecule has 0 bridgehead atoms. The van der Waals surface area contributed by atoms with E-state index in [1.807, 2.05) is 12.1 Å². The molecule has 0 aliphatic carbocycles. The van der Waals surface area contributed by atoms with Gasteiger partial charge < -0.3 is 20.3 Å². The Labute approximate surface area is 202 Å². The molecule has 1 aliphatic heterocycles. The third-order valence-electron chi connectivity index (χ3n) is 5.34. The quantitative estimate of drug-likeness (QED) is 0.236. The van der Waals surface area contributed by atoms with E-state index in [-0.39, 0.29) is 36.0 Å². The molecule has 6 nitrogen and oxygen atoms in total. The molecule has 2 N–H and O–H groups in total. The molecule has 1 unspecified atom stereocenters. The van der Waals surface area contributed by atoms with Gasteiger partial charge in [-0.2, -0.15) is 0 Å². The highest BCUT2D eigenvalue weighted by molar-refractivity contribution is 14.0. The Hall–Kier alpha value is -2.29. The van der Waals surface area contributed by atoms with Crippen molar-refractivity contribution in [2.45, 2.75) is 39.3 Å². The van der Waals surface area contributed by atoms with Crippen molar-refractivity contribution in [1.29, 1.82) is 0 Å². The number of esters is 1. The van der Waals surface area contributed by atoms with Crippen LogP contribution in [0.25, 0.3) is 0 Å². The second-order valence-electron chi connectivity index (χ2n) is 7.50. The Morgan fingerprint density at radius 1 is 1.16 bits per heavy atom. The standard InChI is InChI=1S/C24H32N4O2.HI/c1-4-30-23(29)20-12-10-19(11-13-20)17-26-24(25-3)27-18(2)21-8-7-9-22(16-21)28-14-5-6-15-28;/h7-13,16,18H,4-6,14-15,17H2,1-3H3,(H2,25,26,27);1H. The van der Waals surface area contributed by atoms with E-state index in [9.17, 15) is 4.79 Å². The Morgan fingerprint density at radius 2 is 1.87 bits per heavy atom. The van der Waals surface area contributed by atoms with Gasteiger partial charge in [-0.25, -0.2) is 4.79 Å². The Morgan fingerprint density at radius 3 is 2.52 bits per heavy atom. The predicted molar refractivity (Wildman–Crippen MR) is 137 cm³/mol. The topological polar surface area (TPSA) is 66.0 Å². The number of ether oxygens (including phenoxy) is 1. The van der Waals surface area contributed by atoms with Crippen LogP contribution in [-0.2, 0) is 11.3 Å². The van der Waals surface area contributed by atoms with Crippen LogP contribution in [-0.4, -0.2) is 38.7 Å². The van der Waals surface area contributed by atoms with Crippen LogP contribution in [0.3, 0.4) is 0 Å². The van der Waals surface area contributed by atoms with Gasteiger partial charge in [-0.3, -0.25) is 4.99 Å². The maximum Gasteiger partial charge on any atom is 0.338 e. The van der Waals surface area contributed by atoms with E-state index in [4.69, 9.17) is 4.74 Å². The summed E-state index contributed by atoms with van der Waals surface area (Å²) in [6, 6.07) is 16.3. The average Bonchev–Trinajstić information content (AvgIpc) is 3.32. The first-order valence-electron chi connectivity index (χ1n) is 10.7. The smallest absolute Gasteiger partial charge is 0.338 e. The van der Waals surface area contributed by atoms with Gasteiger partial charge >= 0.3 is 5.97 Å². The number of carbonyl (C=O) groups is 1. The number of hydrogen-bond acceptors (Lipinski definition) is 4. The number of benzene rings is 2. The Bertz CT molecular complexity index is 864. The highest BCUT2D eigenvalue weighted by Crippen LogP contribution is 2.23. The van der Waals surface area contributed by atoms with Crippen LogP contribution in [0.2, 0.25) is 0 Å². The lowest BCUT2D eigenvalue weighted by Gasteiger charge is -2.22. The molecule has 1 aliphatic rings. The highest BCUT2D eigenvalue weighted by Gasteiger charge is 2.14. The maximum atomic E-state index is 11.8. The minimum absolute atomic E-state index is 0. The number of nitrogens with one attached hydrogen (secondary N) is 2. The largest absolute Gasteiger partial charge is 0.462 e. The molecule has 0 saturated carbocycles. The zero-order chi connectivity index (χ0) is 21.3. The van der Waals surface area contributed by atoms with Crippen molar-refractivity contribution in [1.82, 2.24) is 10.6 Å². The number of nitrogens with zero attached hydrogens (tertiary/aromatic N) is 2. The van der Waals surface area contributed by atoms with Crippen molar-refractivity contribution < 1.29 is 9.53 Å². The lowest BCUT2D eigenvalue weighted by molar-refractivity contribution is 0.0526. The molecule has 31 heavy (non-hydrogen) atoms. The third-order valence-corrected chi connectivity index (χ3v) is 5.34. The van der Waals surface area contributed by atoms with Gasteiger partial charge in [0.1, 0.15) is 0 Å². The number of carbonyl (C=O) groups excluding carboxylic acids is 1. The molecule has 1 fully saturated rings. The number of anilines is 1. The molecule has 1 atom stereocenters. The molecular formula is C24H33IN4O2. The van der Waals surface area contributed by atoms with E-state index < -0.39 is 0 Å². The molecule has 0 aromatic heterocycles. The number of halogens is 1. The fourth-order valence-corrected chi connectivity index (χ4v) is 3.61. The van der Waals surface area contributed by atoms with Crippen LogP contribution < -0.4 is 15.5 Å². The summed E-state index contributed by atoms with van der Waals surface area (Å²) in [6.45, 7) is 7.22. The summed E-state index contributed by atoms with van der Waals surface area (Å²) >= 11 is 0. The minimum Gasteiger partial charge on any atom is -0.462 e. The van der Waals surface area contributed by atoms with E-state index in [0.717, 1.165) is 24.6 Å². The summed E-state index contributed by atoms with van der Waals surface area (Å²) < 4.78 is 5.02. The monoisotopic (exact) mass is 536 g/mol. The zero-order valence-corrected chi connectivity index (χ0v) is 20.9. The summed E-state index contributed by atoms with van der Waals surface area (Å²) in [4.78, 5) is 18.6. The molecule has 7 heteroatoms. The van der Waals surface area contributed by atoms with Gasteiger partial charge in [-0.05, 0) is 62.1 Å². The van der Waals surface area contributed by atoms with Gasteiger partial charge in [-0.15, -0.1) is 24.0 Å². The molecule has 168 valence electrons. The SMILES string of the molecule is CCOC(=O)c1ccc(CNC(=NC)NC(C)c2cccc(N3CCCC3)c2)cc1.I. The molecular weight excluding hydrogens is 503 g/mol. The first kappa shape index (κ1) is 25.0. The normalized spacial score (nSPS) is 14.5. The van der Waals surface area contributed by atoms with E-state index >= 15 is 0 Å². The zero-order valence-electron chi connectivity index (χ0n) is 18.6. The van der Waals surface area contributed by atoms with Gasteiger partial charge in [0.25, 0.3) is 0 Å². The Kier molecular flexibility index (Phi) is 10.1. The molecule has 1 saturated heterocycles. The van der Waals surface area contributed by atoms with Crippen LogP contribution in [0.15, 0.2) is 53.5 Å². The molecule has 0 spiro atoms. The summed E-state index contributed by atoms with van der Waals surface area (Å²) in [5, 5.41) is 6.81. The molecule has 3 rings (SSSR count). The second kappa shape index (κ2) is 12.5. The van der Waals surface area contributed by atoms with Crippen LogP contribution in [0.1, 0.15) is 54.2 Å². The third kappa shape index (κ3) is 7.12. The lowest BCUT2D eigenvalue weighted by Crippen LogP contribution is -2.38. The van der Waals surface area contributed by atoms with Gasteiger partial charge in [0.05, 0.1) is 18.2 Å². The second-order valence-corrected chi connectivity index (χ2v) is 7.50. The van der Waals surface area contributed by atoms with Crippen LogP contribution in [0.5, 0.6) is 0 Å². The molecule has 1 heterocycles. The molecule has 0 radical (unpaired) electrons. The van der Waals surface area contributed by atoms with Crippen LogP contribution >= 0.6 is 24.0 Å². The summed E-state index contributed by atoms with van der Waals surface area (Å²) in [5.74, 6) is 0.447. The maximum absolute atomic E-state index is 11.8. The van der Waals surface area contributed by atoms with Crippen LogP contribution in [0.4, 0.5) is 5.69 Å². The van der Waals surface area contributed by atoms with E-state index in [1.54, 1.807) is 26.1 Å². The molecule has 2 aromatic rings. The van der Waals surface area contributed by atoms with E-state index in [0.29, 0.717) is 18.7 Å². The van der Waals surface area contributed by atoms with Crippen LogP contribution in [0, 0.1) is 0 Å². The summed E-state index contributed by atoms with van der Waals surface area (Å²) in [7, 11) is 1.77. The molecule has 0 amide bonds. The average molecular weight is 536 g/mol.